The lowest BCUT2D eigenvalue weighted by molar-refractivity contribution is -0.130. The lowest BCUT2D eigenvalue weighted by Crippen LogP contribution is -2.33. The molecule has 1 aromatic carbocycles. The van der Waals surface area contributed by atoms with E-state index in [1.165, 1.54) is 12.1 Å². The summed E-state index contributed by atoms with van der Waals surface area (Å²) < 4.78 is 27.4. The molecule has 1 unspecified atom stereocenters. The Balaban J connectivity index is 0.00000264. The zero-order valence-corrected chi connectivity index (χ0v) is 15.8. The lowest BCUT2D eigenvalue weighted by atomic mass is 10.1. The third-order valence-corrected chi connectivity index (χ3v) is 5.66. The molecule has 1 fully saturated rings. The first-order valence-electron chi connectivity index (χ1n) is 7.15. The van der Waals surface area contributed by atoms with Crippen molar-refractivity contribution in [3.05, 3.63) is 28.7 Å². The van der Waals surface area contributed by atoms with Gasteiger partial charge in [0.05, 0.1) is 4.90 Å². The fourth-order valence-electron chi connectivity index (χ4n) is 2.42. The first-order chi connectivity index (χ1) is 10.4. The topological polar surface area (TPSA) is 92.5 Å². The van der Waals surface area contributed by atoms with E-state index in [1.54, 1.807) is 17.0 Å². The third-order valence-electron chi connectivity index (χ3n) is 3.71. The van der Waals surface area contributed by atoms with Crippen LogP contribution >= 0.6 is 28.3 Å². The molecule has 0 aromatic heterocycles. The van der Waals surface area contributed by atoms with E-state index in [0.29, 0.717) is 30.0 Å². The second kappa shape index (κ2) is 8.98. The predicted octanol–water partition coefficient (Wildman–Crippen LogP) is 1.35. The second-order valence-corrected chi connectivity index (χ2v) is 8.02. The normalized spacial score (nSPS) is 17.8. The van der Waals surface area contributed by atoms with Gasteiger partial charge in [0.1, 0.15) is 0 Å². The standard InChI is InChI=1S/C14H20BrN3O3S.ClH/c15-12-2-1-3-13(8-12)22(20,21)17-6-4-14(19)18-7-5-11(9-16)10-18;/h1-3,8,11,17H,4-7,9-10,16H2;1H. The van der Waals surface area contributed by atoms with Crippen LogP contribution in [0.25, 0.3) is 0 Å². The van der Waals surface area contributed by atoms with E-state index in [9.17, 15) is 13.2 Å². The van der Waals surface area contributed by atoms with E-state index >= 15 is 0 Å². The van der Waals surface area contributed by atoms with Gasteiger partial charge in [0.2, 0.25) is 15.9 Å². The van der Waals surface area contributed by atoms with Crippen molar-refractivity contribution in [1.82, 2.24) is 9.62 Å². The maximum Gasteiger partial charge on any atom is 0.240 e. The van der Waals surface area contributed by atoms with Crippen LogP contribution < -0.4 is 10.5 Å². The maximum atomic E-state index is 12.1. The van der Waals surface area contributed by atoms with Gasteiger partial charge in [0.15, 0.2) is 0 Å². The first-order valence-corrected chi connectivity index (χ1v) is 9.43. The fraction of sp³-hybridized carbons (Fsp3) is 0.500. The molecule has 0 bridgehead atoms. The number of carbonyl (C=O) groups excluding carboxylic acids is 1. The Morgan fingerprint density at radius 1 is 1.43 bits per heavy atom. The Bertz CT molecular complexity index is 642. The monoisotopic (exact) mass is 425 g/mol. The van der Waals surface area contributed by atoms with E-state index in [1.807, 2.05) is 0 Å². The van der Waals surface area contributed by atoms with Gasteiger partial charge >= 0.3 is 0 Å². The third kappa shape index (κ3) is 5.72. The van der Waals surface area contributed by atoms with Gasteiger partial charge in [-0.05, 0) is 37.1 Å². The molecule has 2 rings (SSSR count). The summed E-state index contributed by atoms with van der Waals surface area (Å²) in [7, 11) is -3.59. The molecule has 1 saturated heterocycles. The number of hydrogen-bond acceptors (Lipinski definition) is 4. The quantitative estimate of drug-likeness (QED) is 0.718. The van der Waals surface area contributed by atoms with E-state index < -0.39 is 10.0 Å². The van der Waals surface area contributed by atoms with Crippen molar-refractivity contribution >= 4 is 44.3 Å². The molecule has 6 nitrogen and oxygen atoms in total. The minimum Gasteiger partial charge on any atom is -0.342 e. The van der Waals surface area contributed by atoms with Gasteiger partial charge in [-0.15, -0.1) is 12.4 Å². The summed E-state index contributed by atoms with van der Waals surface area (Å²) in [5.74, 6) is 0.329. The fourth-order valence-corrected chi connectivity index (χ4v) is 4.05. The summed E-state index contributed by atoms with van der Waals surface area (Å²) in [6.45, 7) is 2.06. The number of benzene rings is 1. The summed E-state index contributed by atoms with van der Waals surface area (Å²) in [5, 5.41) is 0. The van der Waals surface area contributed by atoms with Crippen LogP contribution in [0.5, 0.6) is 0 Å². The second-order valence-electron chi connectivity index (χ2n) is 5.34. The number of nitrogens with two attached hydrogens (primary N) is 1. The van der Waals surface area contributed by atoms with Crippen molar-refractivity contribution < 1.29 is 13.2 Å². The zero-order valence-electron chi connectivity index (χ0n) is 12.6. The number of amides is 1. The maximum absolute atomic E-state index is 12.1. The van der Waals surface area contributed by atoms with Crippen LogP contribution in [-0.4, -0.2) is 45.4 Å². The van der Waals surface area contributed by atoms with Crippen LogP contribution in [0, 0.1) is 5.92 Å². The zero-order chi connectivity index (χ0) is 16.2. The smallest absolute Gasteiger partial charge is 0.240 e. The molecule has 9 heteroatoms. The molecule has 23 heavy (non-hydrogen) atoms. The lowest BCUT2D eigenvalue weighted by Gasteiger charge is -2.16. The highest BCUT2D eigenvalue weighted by Gasteiger charge is 2.25. The van der Waals surface area contributed by atoms with Crippen LogP contribution in [0.15, 0.2) is 33.6 Å². The Morgan fingerprint density at radius 3 is 2.78 bits per heavy atom. The molecule has 0 radical (unpaired) electrons. The molecule has 1 amide bonds. The summed E-state index contributed by atoms with van der Waals surface area (Å²) in [6.07, 6.45) is 1.08. The minimum absolute atomic E-state index is 0. The van der Waals surface area contributed by atoms with Crippen molar-refractivity contribution in [3.8, 4) is 0 Å². The molecule has 0 saturated carbocycles. The minimum atomic E-state index is -3.59. The first kappa shape index (κ1) is 20.4. The van der Waals surface area contributed by atoms with E-state index in [-0.39, 0.29) is 36.2 Å². The molecular weight excluding hydrogens is 406 g/mol. The molecule has 1 aliphatic rings. The van der Waals surface area contributed by atoms with E-state index in [0.717, 1.165) is 6.42 Å². The van der Waals surface area contributed by atoms with Crippen molar-refractivity contribution in [2.24, 2.45) is 11.7 Å². The number of hydrogen-bond donors (Lipinski definition) is 2. The van der Waals surface area contributed by atoms with Gasteiger partial charge in [-0.2, -0.15) is 0 Å². The van der Waals surface area contributed by atoms with Crippen LogP contribution in [0.2, 0.25) is 0 Å². The van der Waals surface area contributed by atoms with Crippen LogP contribution in [0.1, 0.15) is 12.8 Å². The highest BCUT2D eigenvalue weighted by Crippen LogP contribution is 2.17. The number of halogens is 2. The van der Waals surface area contributed by atoms with Gasteiger partial charge in [0.25, 0.3) is 0 Å². The molecule has 3 N–H and O–H groups in total. The van der Waals surface area contributed by atoms with Gasteiger partial charge in [-0.25, -0.2) is 13.1 Å². The number of likely N-dealkylation sites (tertiary alicyclic amines) is 1. The van der Waals surface area contributed by atoms with Crippen LogP contribution in [0.4, 0.5) is 0 Å². The molecule has 0 aliphatic carbocycles. The SMILES string of the molecule is Cl.NCC1CCN(C(=O)CCNS(=O)(=O)c2cccc(Br)c2)C1. The molecule has 1 heterocycles. The molecule has 1 atom stereocenters. The molecule has 0 spiro atoms. The van der Waals surface area contributed by atoms with Crippen LogP contribution in [0.3, 0.4) is 0 Å². The average Bonchev–Trinajstić information content (AvgIpc) is 2.96. The summed E-state index contributed by atoms with van der Waals surface area (Å²) >= 11 is 3.24. The number of nitrogens with one attached hydrogen (secondary N) is 1. The summed E-state index contributed by atoms with van der Waals surface area (Å²) in [5.41, 5.74) is 5.60. The van der Waals surface area contributed by atoms with Crippen LogP contribution in [-0.2, 0) is 14.8 Å². The Labute approximate surface area is 151 Å². The molecular formula is C14H21BrClN3O3S. The van der Waals surface area contributed by atoms with Crippen molar-refractivity contribution in [2.75, 3.05) is 26.2 Å². The Kier molecular flexibility index (Phi) is 7.96. The number of rotatable bonds is 6. The van der Waals surface area contributed by atoms with Gasteiger partial charge in [-0.1, -0.05) is 22.0 Å². The van der Waals surface area contributed by atoms with E-state index in [2.05, 4.69) is 20.7 Å². The Morgan fingerprint density at radius 2 is 2.17 bits per heavy atom. The summed E-state index contributed by atoms with van der Waals surface area (Å²) in [6, 6.07) is 6.45. The Hall–Kier alpha value is -0.670. The van der Waals surface area contributed by atoms with Crippen molar-refractivity contribution in [3.63, 3.8) is 0 Å². The number of sulfonamides is 1. The van der Waals surface area contributed by atoms with Gasteiger partial charge < -0.3 is 10.6 Å². The number of nitrogens with zero attached hydrogens (tertiary/aromatic N) is 1. The van der Waals surface area contributed by atoms with Gasteiger partial charge in [-0.3, -0.25) is 4.79 Å². The molecule has 1 aliphatic heterocycles. The van der Waals surface area contributed by atoms with Gasteiger partial charge in [0, 0.05) is 30.5 Å². The van der Waals surface area contributed by atoms with Crippen molar-refractivity contribution in [2.45, 2.75) is 17.7 Å². The average molecular weight is 427 g/mol. The molecule has 130 valence electrons. The van der Waals surface area contributed by atoms with E-state index in [4.69, 9.17) is 5.73 Å². The molecule has 1 aromatic rings. The largest absolute Gasteiger partial charge is 0.342 e. The van der Waals surface area contributed by atoms with Crippen molar-refractivity contribution in [1.29, 1.82) is 0 Å². The highest BCUT2D eigenvalue weighted by molar-refractivity contribution is 9.10. The summed E-state index contributed by atoms with van der Waals surface area (Å²) in [4.78, 5) is 14.0. The number of carbonyl (C=O) groups is 1. The predicted molar refractivity (Wildman–Crippen MR) is 94.9 cm³/mol. The highest BCUT2D eigenvalue weighted by atomic mass is 79.9.